The second-order valence-corrected chi connectivity index (χ2v) is 4.14. The molecular weight excluding hydrogens is 210 g/mol. The van der Waals surface area contributed by atoms with Gasteiger partial charge >= 0.3 is 5.97 Å². The van der Waals surface area contributed by atoms with Gasteiger partial charge in [-0.05, 0) is 19.8 Å². The van der Waals surface area contributed by atoms with Crippen molar-refractivity contribution in [1.29, 1.82) is 0 Å². The Morgan fingerprint density at radius 2 is 2.25 bits per heavy atom. The summed E-state index contributed by atoms with van der Waals surface area (Å²) in [6.07, 6.45) is 0.402. The molecule has 0 aromatic rings. The molecule has 0 amide bonds. The molecule has 0 aromatic heterocycles. The van der Waals surface area contributed by atoms with Gasteiger partial charge in [0, 0.05) is 13.5 Å². The first-order valence-corrected chi connectivity index (χ1v) is 5.81. The Balaban J connectivity index is 2.55. The Kier molecular flexibility index (Phi) is 5.18. The second kappa shape index (κ2) is 6.18. The average Bonchev–Trinajstić information content (AvgIpc) is 2.23. The lowest BCUT2D eigenvalue weighted by atomic mass is 9.99. The summed E-state index contributed by atoms with van der Waals surface area (Å²) in [6, 6.07) is -0.112. The highest BCUT2D eigenvalue weighted by Crippen LogP contribution is 2.21. The van der Waals surface area contributed by atoms with Crippen molar-refractivity contribution >= 4 is 5.97 Å². The van der Waals surface area contributed by atoms with E-state index in [2.05, 4.69) is 0 Å². The molecule has 16 heavy (non-hydrogen) atoms. The van der Waals surface area contributed by atoms with Crippen molar-refractivity contribution in [2.45, 2.75) is 51.9 Å². The molecular formula is C11H21NO4. The van der Waals surface area contributed by atoms with Crippen molar-refractivity contribution in [3.8, 4) is 0 Å². The third-order valence-electron chi connectivity index (χ3n) is 2.72. The summed E-state index contributed by atoms with van der Waals surface area (Å²) < 4.78 is 5.12. The molecule has 3 unspecified atom stereocenters. The van der Waals surface area contributed by atoms with Gasteiger partial charge in [-0.15, -0.1) is 0 Å². The Morgan fingerprint density at radius 1 is 1.56 bits per heavy atom. The minimum atomic E-state index is -0.597. The fourth-order valence-electron chi connectivity index (χ4n) is 1.87. The molecule has 0 spiro atoms. The summed E-state index contributed by atoms with van der Waals surface area (Å²) in [5.74, 6) is -0.367. The van der Waals surface area contributed by atoms with Crippen molar-refractivity contribution < 1.29 is 19.5 Å². The molecule has 1 fully saturated rings. The van der Waals surface area contributed by atoms with Crippen LogP contribution < -0.4 is 0 Å². The van der Waals surface area contributed by atoms with Gasteiger partial charge in [0.25, 0.3) is 0 Å². The van der Waals surface area contributed by atoms with Gasteiger partial charge in [0.05, 0.1) is 18.8 Å². The maximum atomic E-state index is 10.9. The smallest absolute Gasteiger partial charge is 0.303 e. The largest absolute Gasteiger partial charge is 0.458 e. The van der Waals surface area contributed by atoms with E-state index in [0.29, 0.717) is 19.6 Å². The van der Waals surface area contributed by atoms with E-state index in [1.54, 1.807) is 5.06 Å². The van der Waals surface area contributed by atoms with E-state index < -0.39 is 12.2 Å². The summed E-state index contributed by atoms with van der Waals surface area (Å²) in [6.45, 7) is 6.59. The minimum absolute atomic E-state index is 0.112. The molecule has 5 nitrogen and oxygen atoms in total. The van der Waals surface area contributed by atoms with Crippen LogP contribution in [-0.2, 0) is 14.4 Å². The predicted molar refractivity (Wildman–Crippen MR) is 58.6 cm³/mol. The fraction of sp³-hybridized carbons (Fsp3) is 0.909. The number of esters is 1. The van der Waals surface area contributed by atoms with Crippen LogP contribution in [0.15, 0.2) is 0 Å². The highest BCUT2D eigenvalue weighted by atomic mass is 16.7. The minimum Gasteiger partial charge on any atom is -0.458 e. The van der Waals surface area contributed by atoms with Crippen LogP contribution in [0.25, 0.3) is 0 Å². The van der Waals surface area contributed by atoms with Crippen molar-refractivity contribution in [1.82, 2.24) is 5.06 Å². The zero-order chi connectivity index (χ0) is 12.1. The molecule has 1 rings (SSSR count). The maximum absolute atomic E-state index is 10.9. The molecule has 0 aromatic carbocycles. The van der Waals surface area contributed by atoms with Gasteiger partial charge in [0.1, 0.15) is 6.10 Å². The maximum Gasteiger partial charge on any atom is 0.303 e. The molecule has 0 bridgehead atoms. The van der Waals surface area contributed by atoms with Crippen LogP contribution in [-0.4, -0.2) is 47.5 Å². The fourth-order valence-corrected chi connectivity index (χ4v) is 1.87. The molecule has 5 heteroatoms. The van der Waals surface area contributed by atoms with Crippen LogP contribution in [0.5, 0.6) is 0 Å². The molecule has 0 aliphatic carbocycles. The van der Waals surface area contributed by atoms with Crippen LogP contribution in [0.4, 0.5) is 0 Å². The number of carbonyl (C=O) groups excluding carboxylic acids is 1. The topological polar surface area (TPSA) is 59.0 Å². The quantitative estimate of drug-likeness (QED) is 0.722. The number of carbonyl (C=O) groups is 1. The Morgan fingerprint density at radius 3 is 2.81 bits per heavy atom. The Hall–Kier alpha value is -0.650. The van der Waals surface area contributed by atoms with Crippen LogP contribution >= 0.6 is 0 Å². The summed E-state index contributed by atoms with van der Waals surface area (Å²) in [5, 5.41) is 11.6. The number of hydrogen-bond acceptors (Lipinski definition) is 5. The molecule has 3 atom stereocenters. The summed E-state index contributed by atoms with van der Waals surface area (Å²) in [7, 11) is 0. The number of piperidine rings is 1. The van der Waals surface area contributed by atoms with E-state index in [4.69, 9.17) is 9.57 Å². The predicted octanol–water partition coefficient (Wildman–Crippen LogP) is 0.715. The Labute approximate surface area is 96.3 Å². The summed E-state index contributed by atoms with van der Waals surface area (Å²) >= 11 is 0. The highest BCUT2D eigenvalue weighted by molar-refractivity contribution is 5.66. The molecule has 1 aliphatic heterocycles. The lowest BCUT2D eigenvalue weighted by Crippen LogP contribution is -2.54. The van der Waals surface area contributed by atoms with Crippen molar-refractivity contribution in [3.05, 3.63) is 0 Å². The van der Waals surface area contributed by atoms with Gasteiger partial charge < -0.3 is 9.84 Å². The lowest BCUT2D eigenvalue weighted by molar-refractivity contribution is -0.239. The van der Waals surface area contributed by atoms with Crippen LogP contribution in [0.3, 0.4) is 0 Å². The number of aliphatic hydroxyl groups is 1. The number of nitrogens with zero attached hydrogens (tertiary/aromatic N) is 1. The highest BCUT2D eigenvalue weighted by Gasteiger charge is 2.37. The summed E-state index contributed by atoms with van der Waals surface area (Å²) in [5.41, 5.74) is 0. The first kappa shape index (κ1) is 13.4. The van der Waals surface area contributed by atoms with Gasteiger partial charge in [-0.2, -0.15) is 5.06 Å². The molecule has 1 aliphatic rings. The van der Waals surface area contributed by atoms with Crippen molar-refractivity contribution in [2.75, 3.05) is 13.2 Å². The van der Waals surface area contributed by atoms with E-state index in [9.17, 15) is 9.90 Å². The van der Waals surface area contributed by atoms with Gasteiger partial charge in [0.15, 0.2) is 0 Å². The number of aliphatic hydroxyl groups excluding tert-OH is 1. The first-order chi connectivity index (χ1) is 7.56. The van der Waals surface area contributed by atoms with Crippen molar-refractivity contribution in [3.63, 3.8) is 0 Å². The van der Waals surface area contributed by atoms with Crippen molar-refractivity contribution in [2.24, 2.45) is 0 Å². The summed E-state index contributed by atoms with van der Waals surface area (Å²) in [4.78, 5) is 16.5. The lowest BCUT2D eigenvalue weighted by Gasteiger charge is -2.40. The Bertz CT molecular complexity index is 232. The van der Waals surface area contributed by atoms with Crippen LogP contribution in [0.1, 0.15) is 33.6 Å². The molecule has 1 N–H and O–H groups in total. The monoisotopic (exact) mass is 231 g/mol. The van der Waals surface area contributed by atoms with E-state index in [1.807, 2.05) is 13.8 Å². The van der Waals surface area contributed by atoms with E-state index in [1.165, 1.54) is 6.92 Å². The zero-order valence-corrected chi connectivity index (χ0v) is 10.2. The third kappa shape index (κ3) is 3.43. The van der Waals surface area contributed by atoms with Gasteiger partial charge in [-0.25, -0.2) is 0 Å². The molecule has 94 valence electrons. The number of hydrogen-bond donors (Lipinski definition) is 1. The number of hydroxylamine groups is 2. The first-order valence-electron chi connectivity index (χ1n) is 5.81. The molecule has 0 saturated carbocycles. The third-order valence-corrected chi connectivity index (χ3v) is 2.72. The molecule has 0 radical (unpaired) electrons. The number of rotatable bonds is 4. The standard InChI is InChI=1S/C11H21NO4/c1-4-7-15-12-6-5-10(14)11(8(12)2)16-9(3)13/h8,10-11,14H,4-7H2,1-3H3. The van der Waals surface area contributed by atoms with Gasteiger partial charge in [-0.3, -0.25) is 9.63 Å². The average molecular weight is 231 g/mol. The van der Waals surface area contributed by atoms with Gasteiger partial charge in [-0.1, -0.05) is 6.92 Å². The van der Waals surface area contributed by atoms with Crippen LogP contribution in [0, 0.1) is 0 Å². The second-order valence-electron chi connectivity index (χ2n) is 4.14. The molecule has 1 saturated heterocycles. The number of ether oxygens (including phenoxy) is 1. The normalized spacial score (nSPS) is 31.4. The van der Waals surface area contributed by atoms with Crippen LogP contribution in [0.2, 0.25) is 0 Å². The molecule has 1 heterocycles. The zero-order valence-electron chi connectivity index (χ0n) is 10.2. The SMILES string of the molecule is CCCON1CCC(O)C(OC(C)=O)C1C. The van der Waals surface area contributed by atoms with Gasteiger partial charge in [0.2, 0.25) is 0 Å². The van der Waals surface area contributed by atoms with E-state index in [0.717, 1.165) is 6.42 Å². The van der Waals surface area contributed by atoms with E-state index in [-0.39, 0.29) is 12.0 Å². The van der Waals surface area contributed by atoms with E-state index >= 15 is 0 Å².